The number of hydrogen-bond donors (Lipinski definition) is 4. The zero-order valence-corrected chi connectivity index (χ0v) is 15.6. The van der Waals surface area contributed by atoms with E-state index >= 15 is 0 Å². The molecule has 0 radical (unpaired) electrons. The van der Waals surface area contributed by atoms with E-state index in [-0.39, 0.29) is 11.0 Å². The fourth-order valence-electron chi connectivity index (χ4n) is 0.435. The van der Waals surface area contributed by atoms with Crippen LogP contribution >= 0.6 is 0 Å². The molecule has 0 amide bonds. The van der Waals surface area contributed by atoms with E-state index in [0.29, 0.717) is 0 Å². The molecule has 0 unspecified atom stereocenters. The van der Waals surface area contributed by atoms with E-state index in [9.17, 15) is 39.6 Å². The molecular formula is C12H32N4O12. The Morgan fingerprint density at radius 2 is 0.643 bits per heavy atom. The number of carboxylic acid groups (broad SMARTS) is 4. The first-order valence-corrected chi connectivity index (χ1v) is 7.20. The highest BCUT2D eigenvalue weighted by atomic mass is 16.5. The SMILES string of the molecule is O.O.O=C([O-])COCC(=O)[O-].O=C([O-])COCC(=O)[O-].[NH3+]CC[NH3+].[NH3+]CC[NH3+]. The van der Waals surface area contributed by atoms with E-state index in [1.807, 2.05) is 0 Å². The van der Waals surface area contributed by atoms with Crippen molar-refractivity contribution in [2.75, 3.05) is 52.6 Å². The van der Waals surface area contributed by atoms with Gasteiger partial charge in [0.05, 0.1) is 50.3 Å². The van der Waals surface area contributed by atoms with Crippen LogP contribution in [0.15, 0.2) is 0 Å². The highest BCUT2D eigenvalue weighted by Crippen LogP contribution is 1.69. The average Bonchev–Trinajstić information content (AvgIpc) is 2.54. The summed E-state index contributed by atoms with van der Waals surface area (Å²) >= 11 is 0. The van der Waals surface area contributed by atoms with Gasteiger partial charge >= 0.3 is 0 Å². The van der Waals surface area contributed by atoms with Crippen LogP contribution in [0.5, 0.6) is 0 Å². The lowest BCUT2D eigenvalue weighted by Crippen LogP contribution is -2.64. The molecule has 0 spiro atoms. The summed E-state index contributed by atoms with van der Waals surface area (Å²) in [6, 6.07) is 0. The second-order valence-corrected chi connectivity index (χ2v) is 3.89. The number of carboxylic acids is 4. The minimum absolute atomic E-state index is 0. The van der Waals surface area contributed by atoms with Gasteiger partial charge in [-0.3, -0.25) is 0 Å². The van der Waals surface area contributed by atoms with Gasteiger partial charge in [0.25, 0.3) is 0 Å². The monoisotopic (exact) mass is 424 g/mol. The fraction of sp³-hybridized carbons (Fsp3) is 0.667. The third-order valence-corrected chi connectivity index (χ3v) is 1.38. The van der Waals surface area contributed by atoms with Gasteiger partial charge in [0.2, 0.25) is 0 Å². The summed E-state index contributed by atoms with van der Waals surface area (Å²) in [5.41, 5.74) is 14.2. The maximum atomic E-state index is 9.53. The maximum Gasteiger partial charge on any atom is 0.124 e. The summed E-state index contributed by atoms with van der Waals surface area (Å²) in [5.74, 6) is -5.79. The van der Waals surface area contributed by atoms with Gasteiger partial charge in [-0.15, -0.1) is 0 Å². The molecule has 0 saturated carbocycles. The molecule has 172 valence electrons. The minimum atomic E-state index is -1.45. The van der Waals surface area contributed by atoms with Crippen LogP contribution in [0.2, 0.25) is 0 Å². The molecule has 0 bridgehead atoms. The van der Waals surface area contributed by atoms with Crippen LogP contribution in [0.3, 0.4) is 0 Å². The Balaban J connectivity index is -0.0000000601. The Labute approximate surface area is 160 Å². The summed E-state index contributed by atoms with van der Waals surface area (Å²) in [6.07, 6.45) is 0. The summed E-state index contributed by atoms with van der Waals surface area (Å²) < 4.78 is 8.06. The lowest BCUT2D eigenvalue weighted by atomic mass is 10.7. The van der Waals surface area contributed by atoms with Gasteiger partial charge in [0.15, 0.2) is 0 Å². The van der Waals surface area contributed by atoms with Crippen LogP contribution in [-0.4, -0.2) is 87.4 Å². The topological polar surface area (TPSA) is 353 Å². The first kappa shape index (κ1) is 40.3. The molecule has 0 rings (SSSR count). The molecular weight excluding hydrogens is 392 g/mol. The first-order chi connectivity index (χ1) is 12.1. The van der Waals surface area contributed by atoms with Crippen molar-refractivity contribution in [2.24, 2.45) is 0 Å². The second-order valence-electron chi connectivity index (χ2n) is 3.89. The molecule has 28 heavy (non-hydrogen) atoms. The summed E-state index contributed by atoms with van der Waals surface area (Å²) in [5, 5.41) is 38.1. The van der Waals surface area contributed by atoms with Gasteiger partial charge < -0.3 is 83.0 Å². The largest absolute Gasteiger partial charge is 0.548 e. The number of carbonyl (C=O) groups excluding carboxylic acids is 4. The summed E-state index contributed by atoms with van der Waals surface area (Å²) in [6.45, 7) is 0.976. The quantitative estimate of drug-likeness (QED) is 0.256. The molecule has 0 aliphatic rings. The Bertz CT molecular complexity index is 305. The lowest BCUT2D eigenvalue weighted by molar-refractivity contribution is -0.453. The maximum absolute atomic E-state index is 9.53. The van der Waals surface area contributed by atoms with Crippen LogP contribution in [-0.2, 0) is 28.7 Å². The molecule has 0 aliphatic carbocycles. The van der Waals surface area contributed by atoms with Crippen LogP contribution in [0.1, 0.15) is 0 Å². The van der Waals surface area contributed by atoms with Gasteiger partial charge in [0.1, 0.15) is 26.2 Å². The Hall–Kier alpha value is -2.44. The van der Waals surface area contributed by atoms with Crippen LogP contribution in [0, 0.1) is 0 Å². The Kier molecular flexibility index (Phi) is 51.3. The van der Waals surface area contributed by atoms with Gasteiger partial charge in [-0.05, 0) is 0 Å². The third kappa shape index (κ3) is 89.7. The van der Waals surface area contributed by atoms with E-state index in [4.69, 9.17) is 0 Å². The molecule has 16 N–H and O–H groups in total. The number of ether oxygens (including phenoxy) is 2. The highest BCUT2D eigenvalue weighted by molar-refractivity contribution is 5.68. The van der Waals surface area contributed by atoms with Gasteiger partial charge in [-0.25, -0.2) is 0 Å². The predicted octanol–water partition coefficient (Wildman–Crippen LogP) is -13.7. The van der Waals surface area contributed by atoms with Gasteiger partial charge in [0, 0.05) is 0 Å². The van der Waals surface area contributed by atoms with Gasteiger partial charge in [-0.2, -0.15) is 0 Å². The Morgan fingerprint density at radius 3 is 0.714 bits per heavy atom. The van der Waals surface area contributed by atoms with Gasteiger partial charge in [-0.1, -0.05) is 0 Å². The number of aliphatic carboxylic acids is 4. The first-order valence-electron chi connectivity index (χ1n) is 7.20. The van der Waals surface area contributed by atoms with Crippen molar-refractivity contribution in [2.45, 2.75) is 0 Å². The molecule has 0 fully saturated rings. The number of rotatable bonds is 10. The zero-order chi connectivity index (χ0) is 21.4. The molecule has 0 saturated heterocycles. The third-order valence-electron chi connectivity index (χ3n) is 1.38. The predicted molar refractivity (Wildman–Crippen MR) is 79.9 cm³/mol. The van der Waals surface area contributed by atoms with E-state index in [2.05, 4.69) is 32.4 Å². The van der Waals surface area contributed by atoms with Crippen molar-refractivity contribution < 1.29 is 83.0 Å². The van der Waals surface area contributed by atoms with Crippen molar-refractivity contribution in [3.63, 3.8) is 0 Å². The molecule has 0 aliphatic heterocycles. The van der Waals surface area contributed by atoms with Crippen molar-refractivity contribution in [3.05, 3.63) is 0 Å². The highest BCUT2D eigenvalue weighted by Gasteiger charge is 1.86. The van der Waals surface area contributed by atoms with E-state index < -0.39 is 50.3 Å². The number of hydrogen-bond acceptors (Lipinski definition) is 10. The molecule has 16 heteroatoms. The van der Waals surface area contributed by atoms with Crippen LogP contribution in [0.25, 0.3) is 0 Å². The molecule has 0 aromatic rings. The van der Waals surface area contributed by atoms with E-state index in [0.717, 1.165) is 26.2 Å². The molecule has 0 atom stereocenters. The minimum Gasteiger partial charge on any atom is -0.548 e. The van der Waals surface area contributed by atoms with E-state index in [1.54, 1.807) is 0 Å². The van der Waals surface area contributed by atoms with Crippen molar-refractivity contribution in [3.8, 4) is 0 Å². The van der Waals surface area contributed by atoms with Crippen molar-refractivity contribution in [1.82, 2.24) is 0 Å². The van der Waals surface area contributed by atoms with Crippen LogP contribution < -0.4 is 43.4 Å². The smallest absolute Gasteiger partial charge is 0.124 e. The molecule has 0 heterocycles. The second kappa shape index (κ2) is 35.6. The molecule has 0 aromatic carbocycles. The Morgan fingerprint density at radius 1 is 0.500 bits per heavy atom. The van der Waals surface area contributed by atoms with Crippen molar-refractivity contribution >= 4 is 23.9 Å². The number of carbonyl (C=O) groups is 4. The zero-order valence-electron chi connectivity index (χ0n) is 15.6. The van der Waals surface area contributed by atoms with E-state index in [1.165, 1.54) is 0 Å². The summed E-state index contributed by atoms with van der Waals surface area (Å²) in [4.78, 5) is 38.1. The average molecular weight is 424 g/mol. The van der Waals surface area contributed by atoms with Crippen molar-refractivity contribution in [1.29, 1.82) is 0 Å². The molecule has 0 aromatic heterocycles. The normalized spacial score (nSPS) is 7.86. The number of quaternary nitrogens is 4. The lowest BCUT2D eigenvalue weighted by Gasteiger charge is -2.03. The van der Waals surface area contributed by atoms with Crippen LogP contribution in [0.4, 0.5) is 0 Å². The summed E-state index contributed by atoms with van der Waals surface area (Å²) in [7, 11) is 0. The fourth-order valence-corrected chi connectivity index (χ4v) is 0.435. The standard InChI is InChI=1S/2C4H6O5.2C2H8N2.2H2O/c2*5-3(6)1-9-2-4(7)8;2*3-1-2-4;;/h2*1-2H2,(H,5,6)(H,7,8);2*1-4H2;2*1H2. The molecule has 16 nitrogen and oxygen atoms in total.